The minimum Gasteiger partial charge on any atom is -0.392 e. The van der Waals surface area contributed by atoms with E-state index < -0.39 is 0 Å². The van der Waals surface area contributed by atoms with Crippen molar-refractivity contribution < 1.29 is 5.11 Å². The second-order valence-electron chi connectivity index (χ2n) is 1.87. The first-order valence-electron chi connectivity index (χ1n) is 4.80. The zero-order valence-corrected chi connectivity index (χ0v) is 9.72. The van der Waals surface area contributed by atoms with Gasteiger partial charge in [-0.15, -0.1) is 0 Å². The van der Waals surface area contributed by atoms with Crippen LogP contribution in [-0.4, -0.2) is 11.7 Å². The summed E-state index contributed by atoms with van der Waals surface area (Å²) < 4.78 is 0. The zero-order valence-electron chi connectivity index (χ0n) is 9.72. The number of rotatable bonds is 3. The Hall–Kier alpha value is -0.820. The molecule has 0 aromatic heterocycles. The number of allylic oxidation sites excluding steroid dienone is 2. The molecular weight excluding hydrogens is 160 g/mol. The fourth-order valence-corrected chi connectivity index (χ4v) is 0.472. The lowest BCUT2D eigenvalue weighted by atomic mass is 10.1. The van der Waals surface area contributed by atoms with E-state index in [4.69, 9.17) is 5.11 Å². The van der Waals surface area contributed by atoms with Gasteiger partial charge in [-0.05, 0) is 12.5 Å². The van der Waals surface area contributed by atoms with Crippen molar-refractivity contribution in [2.45, 2.75) is 34.6 Å². The molecule has 0 saturated heterocycles. The quantitative estimate of drug-likeness (QED) is 0.663. The summed E-state index contributed by atoms with van der Waals surface area (Å²) in [6.07, 6.45) is 3.39. The molecule has 0 saturated carbocycles. The lowest BCUT2D eigenvalue weighted by molar-refractivity contribution is 0.333. The molecule has 0 spiro atoms. The largest absolute Gasteiger partial charge is 0.392 e. The van der Waals surface area contributed by atoms with Gasteiger partial charge in [0.15, 0.2) is 0 Å². The number of aliphatic hydroxyl groups is 1. The van der Waals surface area contributed by atoms with E-state index >= 15 is 0 Å². The Morgan fingerprint density at radius 1 is 1.23 bits per heavy atom. The average Bonchev–Trinajstić information content (AvgIpc) is 2.20. The molecule has 0 heterocycles. The van der Waals surface area contributed by atoms with Crippen molar-refractivity contribution in [1.29, 1.82) is 0 Å². The van der Waals surface area contributed by atoms with E-state index in [1.54, 1.807) is 12.2 Å². The Bertz CT molecular complexity index is 143. The Labute approximate surface area is 83.5 Å². The van der Waals surface area contributed by atoms with Crippen molar-refractivity contribution >= 4 is 0 Å². The van der Waals surface area contributed by atoms with Gasteiger partial charge in [0.05, 0.1) is 6.61 Å². The molecule has 0 aliphatic heterocycles. The molecule has 0 unspecified atom stereocenters. The summed E-state index contributed by atoms with van der Waals surface area (Å²) in [6, 6.07) is 0. The SMILES string of the molecule is C=C/C=C(/CO)C(=C)C.CC.CC. The summed E-state index contributed by atoms with van der Waals surface area (Å²) in [4.78, 5) is 0. The number of aliphatic hydroxyl groups excluding tert-OH is 1. The molecule has 1 heteroatoms. The van der Waals surface area contributed by atoms with Gasteiger partial charge >= 0.3 is 0 Å². The van der Waals surface area contributed by atoms with Crippen LogP contribution in [0.4, 0.5) is 0 Å². The molecule has 1 nitrogen and oxygen atoms in total. The first-order chi connectivity index (χ1) is 6.22. The van der Waals surface area contributed by atoms with Crippen LogP contribution in [0.25, 0.3) is 0 Å². The van der Waals surface area contributed by atoms with E-state index in [1.165, 1.54) is 0 Å². The molecule has 0 aliphatic rings. The van der Waals surface area contributed by atoms with Crippen molar-refractivity contribution in [3.63, 3.8) is 0 Å². The molecule has 0 fully saturated rings. The van der Waals surface area contributed by atoms with Crippen LogP contribution in [0.3, 0.4) is 0 Å². The normalized spacial score (nSPS) is 8.62. The van der Waals surface area contributed by atoms with Gasteiger partial charge < -0.3 is 5.11 Å². The van der Waals surface area contributed by atoms with Crippen molar-refractivity contribution in [1.82, 2.24) is 0 Å². The smallest absolute Gasteiger partial charge is 0.0684 e. The van der Waals surface area contributed by atoms with Crippen molar-refractivity contribution in [2.24, 2.45) is 0 Å². The third kappa shape index (κ3) is 14.1. The van der Waals surface area contributed by atoms with Gasteiger partial charge in [0.1, 0.15) is 0 Å². The lowest BCUT2D eigenvalue weighted by Gasteiger charge is -1.98. The highest BCUT2D eigenvalue weighted by Gasteiger charge is 1.90. The molecule has 0 aromatic rings. The maximum Gasteiger partial charge on any atom is 0.0684 e. The summed E-state index contributed by atoms with van der Waals surface area (Å²) in [6.45, 7) is 17.1. The van der Waals surface area contributed by atoms with Gasteiger partial charge in [0.2, 0.25) is 0 Å². The Morgan fingerprint density at radius 2 is 1.62 bits per heavy atom. The molecule has 0 aromatic carbocycles. The Balaban J connectivity index is -0.000000218. The second-order valence-corrected chi connectivity index (χ2v) is 1.87. The van der Waals surface area contributed by atoms with Crippen molar-refractivity contribution in [3.8, 4) is 0 Å². The molecule has 0 rings (SSSR count). The van der Waals surface area contributed by atoms with Crippen LogP contribution in [0.2, 0.25) is 0 Å². The summed E-state index contributed by atoms with van der Waals surface area (Å²) in [5.41, 5.74) is 1.72. The Morgan fingerprint density at radius 3 is 1.69 bits per heavy atom. The topological polar surface area (TPSA) is 20.2 Å². The minimum absolute atomic E-state index is 0.0430. The molecule has 1 N–H and O–H groups in total. The van der Waals surface area contributed by atoms with Crippen LogP contribution in [0.1, 0.15) is 34.6 Å². The second kappa shape index (κ2) is 17.3. The summed E-state index contributed by atoms with van der Waals surface area (Å²) in [5.74, 6) is 0. The van der Waals surface area contributed by atoms with Gasteiger partial charge in [0.25, 0.3) is 0 Å². The summed E-state index contributed by atoms with van der Waals surface area (Å²) in [7, 11) is 0. The van der Waals surface area contributed by atoms with Gasteiger partial charge in [0, 0.05) is 0 Å². The molecule has 0 aliphatic carbocycles. The molecule has 0 radical (unpaired) electrons. The number of hydrogen-bond acceptors (Lipinski definition) is 1. The van der Waals surface area contributed by atoms with E-state index in [-0.39, 0.29) is 6.61 Å². The zero-order chi connectivity index (χ0) is 11.3. The van der Waals surface area contributed by atoms with Crippen LogP contribution in [0, 0.1) is 0 Å². The van der Waals surface area contributed by atoms with E-state index in [2.05, 4.69) is 13.2 Å². The first-order valence-corrected chi connectivity index (χ1v) is 4.80. The molecule has 13 heavy (non-hydrogen) atoms. The highest BCUT2D eigenvalue weighted by Crippen LogP contribution is 2.04. The van der Waals surface area contributed by atoms with E-state index in [9.17, 15) is 0 Å². The third-order valence-electron chi connectivity index (χ3n) is 1.04. The average molecular weight is 184 g/mol. The molecule has 78 valence electrons. The predicted molar refractivity (Wildman–Crippen MR) is 62.9 cm³/mol. The van der Waals surface area contributed by atoms with Crippen molar-refractivity contribution in [2.75, 3.05) is 6.61 Å². The van der Waals surface area contributed by atoms with Crippen LogP contribution in [0.15, 0.2) is 36.5 Å². The lowest BCUT2D eigenvalue weighted by Crippen LogP contribution is -1.89. The fourth-order valence-electron chi connectivity index (χ4n) is 0.472. The van der Waals surface area contributed by atoms with Crippen LogP contribution in [0.5, 0.6) is 0 Å². The number of hydrogen-bond donors (Lipinski definition) is 1. The van der Waals surface area contributed by atoms with Crippen LogP contribution in [-0.2, 0) is 0 Å². The molecule has 0 bridgehead atoms. The predicted octanol–water partition coefficient (Wildman–Crippen LogP) is 3.72. The molecular formula is C12H24O. The van der Waals surface area contributed by atoms with E-state index in [0.717, 1.165) is 11.1 Å². The summed E-state index contributed by atoms with van der Waals surface area (Å²) >= 11 is 0. The van der Waals surface area contributed by atoms with Crippen LogP contribution < -0.4 is 0 Å². The molecule has 0 atom stereocenters. The van der Waals surface area contributed by atoms with Crippen LogP contribution >= 0.6 is 0 Å². The maximum absolute atomic E-state index is 8.65. The minimum atomic E-state index is 0.0430. The highest BCUT2D eigenvalue weighted by molar-refractivity contribution is 5.29. The first kappa shape index (κ1) is 18.1. The fraction of sp³-hybridized carbons (Fsp3) is 0.500. The highest BCUT2D eigenvalue weighted by atomic mass is 16.3. The Kier molecular flexibility index (Phi) is 24.1. The summed E-state index contributed by atoms with van der Waals surface area (Å²) in [5, 5.41) is 8.65. The van der Waals surface area contributed by atoms with Crippen molar-refractivity contribution in [3.05, 3.63) is 36.5 Å². The standard InChI is InChI=1S/C8H12O.2C2H6/c1-4-5-8(6-9)7(2)3;2*1-2/h4-5,9H,1-2,6H2,3H3;2*1-2H3/b8-5-;;. The monoisotopic (exact) mass is 184 g/mol. The van der Waals surface area contributed by atoms with E-state index in [0.29, 0.717) is 0 Å². The third-order valence-corrected chi connectivity index (χ3v) is 1.04. The maximum atomic E-state index is 8.65. The molecule has 0 amide bonds. The van der Waals surface area contributed by atoms with Gasteiger partial charge in [-0.1, -0.05) is 58.6 Å². The van der Waals surface area contributed by atoms with Gasteiger partial charge in [-0.25, -0.2) is 0 Å². The van der Waals surface area contributed by atoms with Gasteiger partial charge in [-0.3, -0.25) is 0 Å². The van der Waals surface area contributed by atoms with E-state index in [1.807, 2.05) is 34.6 Å². The van der Waals surface area contributed by atoms with Gasteiger partial charge in [-0.2, -0.15) is 0 Å².